The number of benzene rings is 2. The van der Waals surface area contributed by atoms with Crippen molar-refractivity contribution in [3.8, 4) is 0 Å². The number of carbonyl (C=O) groups is 2. The van der Waals surface area contributed by atoms with E-state index in [2.05, 4.69) is 38.3 Å². The number of β-amino-alcohol motifs (C(OH)–C–C–N with tert-alkyl or cyclic N) is 1. The molecule has 256 valence electrons. The first-order valence-corrected chi connectivity index (χ1v) is 17.4. The van der Waals surface area contributed by atoms with E-state index in [-0.39, 0.29) is 35.9 Å². The number of hydrogen-bond donors (Lipinski definition) is 2. The number of nitrogens with one attached hydrogen (secondary N) is 1. The van der Waals surface area contributed by atoms with Crippen LogP contribution in [-0.4, -0.2) is 92.3 Å². The van der Waals surface area contributed by atoms with Gasteiger partial charge in [0, 0.05) is 63.0 Å². The SMILES string of the molecule is CC(C)(C)NC(=O)[C@@H]1CN(Cc2cccnc2)CCN1C[C@@H](O)C[C@@H](Cc1ccccc1)C(=O)N1[C@H]2c3ccccc3C[C@H]2OC1(C)C. The Morgan fingerprint density at radius 3 is 2.48 bits per heavy atom. The largest absolute Gasteiger partial charge is 0.392 e. The van der Waals surface area contributed by atoms with Crippen molar-refractivity contribution in [2.45, 2.75) is 96.0 Å². The number of amides is 2. The summed E-state index contributed by atoms with van der Waals surface area (Å²) in [5.74, 6) is -0.523. The van der Waals surface area contributed by atoms with E-state index in [9.17, 15) is 14.7 Å². The van der Waals surface area contributed by atoms with Gasteiger partial charge in [0.05, 0.1) is 18.2 Å². The fraction of sp³-hybridized carbons (Fsp3) is 0.513. The van der Waals surface area contributed by atoms with Crippen molar-refractivity contribution in [1.82, 2.24) is 25.0 Å². The van der Waals surface area contributed by atoms with Crippen LogP contribution >= 0.6 is 0 Å². The molecule has 3 aromatic rings. The zero-order valence-corrected chi connectivity index (χ0v) is 29.0. The minimum absolute atomic E-state index is 0.00424. The standard InChI is InChI=1S/C39H51N5O4/c1-38(2,3)41-36(46)33-26-42(24-28-14-11-17-40-23-28)18-19-43(33)25-31(45)21-30(20-27-12-7-6-8-13-27)37(47)44-35-32-16-10-9-15-29(32)22-34(35)48-39(44,4)5/h6-17,23,30-31,33-35,45H,18-22,24-26H2,1-5H3,(H,41,46)/t30-,31+,33+,34-,35+/m1/s1. The molecule has 2 N–H and O–H groups in total. The van der Waals surface area contributed by atoms with Crippen LogP contribution in [0.3, 0.4) is 0 Å². The summed E-state index contributed by atoms with van der Waals surface area (Å²) in [5, 5.41) is 14.9. The molecule has 9 nitrogen and oxygen atoms in total. The normalized spacial score (nSPS) is 23.7. The summed E-state index contributed by atoms with van der Waals surface area (Å²) in [7, 11) is 0. The molecule has 0 unspecified atom stereocenters. The molecule has 2 aromatic carbocycles. The molecule has 2 saturated heterocycles. The Hall–Kier alpha value is -3.63. The van der Waals surface area contributed by atoms with Gasteiger partial charge in [-0.05, 0) is 75.8 Å². The van der Waals surface area contributed by atoms with E-state index in [0.717, 1.165) is 29.7 Å². The maximum absolute atomic E-state index is 14.7. The third-order valence-corrected chi connectivity index (χ3v) is 9.86. The summed E-state index contributed by atoms with van der Waals surface area (Å²) >= 11 is 0. The van der Waals surface area contributed by atoms with Crippen LogP contribution in [0.25, 0.3) is 0 Å². The minimum Gasteiger partial charge on any atom is -0.392 e. The summed E-state index contributed by atoms with van der Waals surface area (Å²) in [6.07, 6.45) is 4.30. The van der Waals surface area contributed by atoms with Crippen LogP contribution < -0.4 is 5.32 Å². The Kier molecular flexibility index (Phi) is 10.0. The van der Waals surface area contributed by atoms with Gasteiger partial charge in [0.1, 0.15) is 11.8 Å². The molecule has 1 aliphatic carbocycles. The monoisotopic (exact) mass is 653 g/mol. The quantitative estimate of drug-likeness (QED) is 0.336. The van der Waals surface area contributed by atoms with E-state index < -0.39 is 23.8 Å². The zero-order valence-electron chi connectivity index (χ0n) is 29.0. The number of aromatic nitrogens is 1. The van der Waals surface area contributed by atoms with Gasteiger partial charge in [-0.25, -0.2) is 0 Å². The average Bonchev–Trinajstić information content (AvgIpc) is 3.51. The van der Waals surface area contributed by atoms with Gasteiger partial charge in [0.15, 0.2) is 0 Å². The van der Waals surface area contributed by atoms with Gasteiger partial charge < -0.3 is 20.1 Å². The molecule has 48 heavy (non-hydrogen) atoms. The number of pyridine rings is 1. The highest BCUT2D eigenvalue weighted by Crippen LogP contribution is 2.49. The van der Waals surface area contributed by atoms with E-state index >= 15 is 0 Å². The summed E-state index contributed by atoms with van der Waals surface area (Å²) in [6.45, 7) is 12.8. The second-order valence-corrected chi connectivity index (χ2v) is 15.3. The second-order valence-electron chi connectivity index (χ2n) is 15.3. The fourth-order valence-corrected chi connectivity index (χ4v) is 7.84. The summed E-state index contributed by atoms with van der Waals surface area (Å²) in [5.41, 5.74) is 3.36. The first kappa shape index (κ1) is 34.2. The van der Waals surface area contributed by atoms with Crippen LogP contribution in [-0.2, 0) is 33.7 Å². The Balaban J connectivity index is 1.21. The van der Waals surface area contributed by atoms with Gasteiger partial charge in [0.25, 0.3) is 0 Å². The van der Waals surface area contributed by atoms with Crippen molar-refractivity contribution in [2.24, 2.45) is 5.92 Å². The zero-order chi connectivity index (χ0) is 34.1. The highest BCUT2D eigenvalue weighted by Gasteiger charge is 2.54. The summed E-state index contributed by atoms with van der Waals surface area (Å²) in [6, 6.07) is 21.7. The van der Waals surface area contributed by atoms with Crippen LogP contribution in [0, 0.1) is 5.92 Å². The van der Waals surface area contributed by atoms with E-state index in [1.54, 1.807) is 6.20 Å². The van der Waals surface area contributed by atoms with E-state index in [4.69, 9.17) is 4.74 Å². The van der Waals surface area contributed by atoms with E-state index in [1.165, 1.54) is 5.56 Å². The van der Waals surface area contributed by atoms with Crippen LogP contribution in [0.5, 0.6) is 0 Å². The summed E-state index contributed by atoms with van der Waals surface area (Å²) < 4.78 is 6.53. The number of fused-ring (bicyclic) bond motifs is 3. The number of rotatable bonds is 10. The van der Waals surface area contributed by atoms with Crippen molar-refractivity contribution in [3.05, 3.63) is 101 Å². The molecule has 0 radical (unpaired) electrons. The highest BCUT2D eigenvalue weighted by atomic mass is 16.5. The van der Waals surface area contributed by atoms with Gasteiger partial charge in [0.2, 0.25) is 11.8 Å². The van der Waals surface area contributed by atoms with Crippen LogP contribution in [0.4, 0.5) is 0 Å². The lowest BCUT2D eigenvalue weighted by atomic mass is 9.90. The Labute approximate surface area is 285 Å². The molecule has 3 heterocycles. The molecule has 3 aliphatic rings. The molecule has 1 aromatic heterocycles. The maximum atomic E-state index is 14.7. The first-order valence-electron chi connectivity index (χ1n) is 17.4. The van der Waals surface area contributed by atoms with Gasteiger partial charge in [-0.1, -0.05) is 60.7 Å². The van der Waals surface area contributed by atoms with Crippen LogP contribution in [0.1, 0.15) is 69.3 Å². The molecule has 5 atom stereocenters. The van der Waals surface area contributed by atoms with Crippen molar-refractivity contribution >= 4 is 11.8 Å². The van der Waals surface area contributed by atoms with Crippen molar-refractivity contribution < 1.29 is 19.4 Å². The van der Waals surface area contributed by atoms with Crippen LogP contribution in [0.15, 0.2) is 79.1 Å². The predicted octanol–water partition coefficient (Wildman–Crippen LogP) is 4.35. The third kappa shape index (κ3) is 7.81. The molecule has 6 rings (SSSR count). The molecule has 0 saturated carbocycles. The number of nitrogens with zero attached hydrogens (tertiary/aromatic N) is 4. The minimum atomic E-state index is -0.809. The van der Waals surface area contributed by atoms with Gasteiger partial charge in [-0.3, -0.25) is 24.4 Å². The number of ether oxygens (including phenoxy) is 1. The van der Waals surface area contributed by atoms with E-state index in [1.807, 2.05) is 94.2 Å². The van der Waals surface area contributed by atoms with E-state index in [0.29, 0.717) is 32.6 Å². The molecule has 0 spiro atoms. The lowest BCUT2D eigenvalue weighted by molar-refractivity contribution is -0.153. The van der Waals surface area contributed by atoms with Crippen molar-refractivity contribution in [3.63, 3.8) is 0 Å². The summed E-state index contributed by atoms with van der Waals surface area (Å²) in [4.78, 5) is 39.0. The predicted molar refractivity (Wildman–Crippen MR) is 186 cm³/mol. The Bertz CT molecular complexity index is 1560. The number of aliphatic hydroxyl groups excluding tert-OH is 1. The molecule has 2 fully saturated rings. The van der Waals surface area contributed by atoms with Gasteiger partial charge in [-0.15, -0.1) is 0 Å². The fourth-order valence-electron chi connectivity index (χ4n) is 7.84. The number of carbonyl (C=O) groups excluding carboxylic acids is 2. The number of hydrogen-bond acceptors (Lipinski definition) is 7. The van der Waals surface area contributed by atoms with Gasteiger partial charge >= 0.3 is 0 Å². The van der Waals surface area contributed by atoms with Crippen molar-refractivity contribution in [2.75, 3.05) is 26.2 Å². The number of aliphatic hydroxyl groups is 1. The van der Waals surface area contributed by atoms with Crippen LogP contribution in [0.2, 0.25) is 0 Å². The molecular formula is C39H51N5O4. The van der Waals surface area contributed by atoms with Crippen molar-refractivity contribution in [1.29, 1.82) is 0 Å². The molecule has 2 amide bonds. The third-order valence-electron chi connectivity index (χ3n) is 9.86. The molecular weight excluding hydrogens is 602 g/mol. The maximum Gasteiger partial charge on any atom is 0.239 e. The highest BCUT2D eigenvalue weighted by molar-refractivity contribution is 5.83. The molecule has 2 aliphatic heterocycles. The molecule has 9 heteroatoms. The van der Waals surface area contributed by atoms with Gasteiger partial charge in [-0.2, -0.15) is 0 Å². The lowest BCUT2D eigenvalue weighted by Crippen LogP contribution is -2.62. The molecule has 0 bridgehead atoms. The smallest absolute Gasteiger partial charge is 0.239 e. The first-order chi connectivity index (χ1) is 22.9. The Morgan fingerprint density at radius 1 is 1.02 bits per heavy atom. The number of piperazine rings is 1. The second kappa shape index (κ2) is 14.1. The topological polar surface area (TPSA) is 98.2 Å². The average molecular weight is 654 g/mol. The lowest BCUT2D eigenvalue weighted by Gasteiger charge is -2.42. The Morgan fingerprint density at radius 2 is 1.75 bits per heavy atom.